The molecule has 2 heterocycles. The van der Waals surface area contributed by atoms with Gasteiger partial charge in [-0.3, -0.25) is 4.99 Å². The molecule has 7 heteroatoms. The van der Waals surface area contributed by atoms with Crippen LogP contribution in [0.15, 0.2) is 9.52 Å². The quantitative estimate of drug-likeness (QED) is 0.446. The lowest BCUT2D eigenvalue weighted by Gasteiger charge is -2.35. The SMILES string of the molecule is CN=C(NCCCc1nc(C(C)C)no1)NC1CCN(C(C)C)CC1. The summed E-state index contributed by atoms with van der Waals surface area (Å²) < 4.78 is 5.27. The summed E-state index contributed by atoms with van der Waals surface area (Å²) in [6.07, 6.45) is 4.06. The maximum absolute atomic E-state index is 5.27. The van der Waals surface area contributed by atoms with E-state index >= 15 is 0 Å². The lowest BCUT2D eigenvalue weighted by Crippen LogP contribution is -2.50. The molecule has 1 aliphatic heterocycles. The molecule has 0 aliphatic carbocycles. The van der Waals surface area contributed by atoms with E-state index in [1.54, 1.807) is 0 Å². The van der Waals surface area contributed by atoms with Crippen molar-refractivity contribution in [1.29, 1.82) is 0 Å². The van der Waals surface area contributed by atoms with Crippen molar-refractivity contribution in [1.82, 2.24) is 25.7 Å². The van der Waals surface area contributed by atoms with Gasteiger partial charge in [-0.15, -0.1) is 0 Å². The molecule has 142 valence electrons. The minimum absolute atomic E-state index is 0.306. The fourth-order valence-corrected chi connectivity index (χ4v) is 3.00. The van der Waals surface area contributed by atoms with Crippen molar-refractivity contribution < 1.29 is 4.52 Å². The summed E-state index contributed by atoms with van der Waals surface area (Å²) in [7, 11) is 1.82. The highest BCUT2D eigenvalue weighted by Crippen LogP contribution is 2.13. The summed E-state index contributed by atoms with van der Waals surface area (Å²) >= 11 is 0. The number of aryl methyl sites for hydroxylation is 1. The standard InChI is InChI=1S/C18H34N6O/c1-13(2)17-22-16(25-23-17)7-6-10-20-18(19-5)21-15-8-11-24(12-9-15)14(3)4/h13-15H,6-12H2,1-5H3,(H2,19,20,21). The molecule has 1 aromatic heterocycles. The lowest BCUT2D eigenvalue weighted by atomic mass is 10.0. The third-order valence-corrected chi connectivity index (χ3v) is 4.68. The molecule has 1 fully saturated rings. The normalized spacial score (nSPS) is 17.5. The number of likely N-dealkylation sites (tertiary alicyclic amines) is 1. The summed E-state index contributed by atoms with van der Waals surface area (Å²) in [4.78, 5) is 11.3. The Morgan fingerprint density at radius 1 is 1.28 bits per heavy atom. The van der Waals surface area contributed by atoms with Crippen molar-refractivity contribution in [3.8, 4) is 0 Å². The fraction of sp³-hybridized carbons (Fsp3) is 0.833. The molecule has 1 saturated heterocycles. The van der Waals surface area contributed by atoms with Gasteiger partial charge in [0.15, 0.2) is 11.8 Å². The van der Waals surface area contributed by atoms with Crippen LogP contribution in [0.3, 0.4) is 0 Å². The molecular weight excluding hydrogens is 316 g/mol. The maximum atomic E-state index is 5.27. The van der Waals surface area contributed by atoms with Crippen LogP contribution in [0.4, 0.5) is 0 Å². The summed E-state index contributed by atoms with van der Waals surface area (Å²) in [6, 6.07) is 1.14. The van der Waals surface area contributed by atoms with Crippen LogP contribution in [0, 0.1) is 0 Å². The highest BCUT2D eigenvalue weighted by molar-refractivity contribution is 5.79. The number of guanidine groups is 1. The van der Waals surface area contributed by atoms with Gasteiger partial charge in [0.25, 0.3) is 0 Å². The topological polar surface area (TPSA) is 78.6 Å². The van der Waals surface area contributed by atoms with Crippen LogP contribution in [0.1, 0.15) is 64.6 Å². The van der Waals surface area contributed by atoms with Crippen molar-refractivity contribution in [3.05, 3.63) is 11.7 Å². The second kappa shape index (κ2) is 9.75. The van der Waals surface area contributed by atoms with Crippen molar-refractivity contribution in [3.63, 3.8) is 0 Å². The molecule has 0 saturated carbocycles. The number of piperidine rings is 1. The van der Waals surface area contributed by atoms with Gasteiger partial charge in [0, 0.05) is 51.1 Å². The Morgan fingerprint density at radius 2 is 2.00 bits per heavy atom. The van der Waals surface area contributed by atoms with Gasteiger partial charge < -0.3 is 20.1 Å². The summed E-state index contributed by atoms with van der Waals surface area (Å²) in [5.74, 6) is 2.69. The molecule has 0 aromatic carbocycles. The zero-order chi connectivity index (χ0) is 18.2. The molecule has 2 rings (SSSR count). The zero-order valence-electron chi connectivity index (χ0n) is 16.4. The first kappa shape index (κ1) is 19.7. The van der Waals surface area contributed by atoms with Gasteiger partial charge in [-0.2, -0.15) is 4.98 Å². The Bertz CT molecular complexity index is 531. The average molecular weight is 351 g/mol. The number of hydrogen-bond donors (Lipinski definition) is 2. The molecule has 1 aliphatic rings. The molecule has 1 aromatic rings. The zero-order valence-corrected chi connectivity index (χ0v) is 16.4. The molecule has 7 nitrogen and oxygen atoms in total. The lowest BCUT2D eigenvalue weighted by molar-refractivity contribution is 0.167. The maximum Gasteiger partial charge on any atom is 0.226 e. The Hall–Kier alpha value is -1.63. The van der Waals surface area contributed by atoms with E-state index in [9.17, 15) is 0 Å². The van der Waals surface area contributed by atoms with Crippen molar-refractivity contribution in [2.24, 2.45) is 4.99 Å². The molecule has 25 heavy (non-hydrogen) atoms. The third-order valence-electron chi connectivity index (χ3n) is 4.68. The first-order chi connectivity index (χ1) is 12.0. The molecule has 0 spiro atoms. The van der Waals surface area contributed by atoms with E-state index in [4.69, 9.17) is 4.52 Å². The number of nitrogens with one attached hydrogen (secondary N) is 2. The minimum Gasteiger partial charge on any atom is -0.356 e. The van der Waals surface area contributed by atoms with E-state index in [2.05, 4.69) is 58.4 Å². The van der Waals surface area contributed by atoms with E-state index in [1.165, 1.54) is 12.8 Å². The van der Waals surface area contributed by atoms with Crippen LogP contribution < -0.4 is 10.6 Å². The Kier molecular flexibility index (Phi) is 7.68. The molecule has 2 N–H and O–H groups in total. The monoisotopic (exact) mass is 350 g/mol. The second-order valence-corrected chi connectivity index (χ2v) is 7.35. The van der Waals surface area contributed by atoms with E-state index in [0.29, 0.717) is 18.0 Å². The highest BCUT2D eigenvalue weighted by Gasteiger charge is 2.21. The number of nitrogens with zero attached hydrogens (tertiary/aromatic N) is 4. The smallest absolute Gasteiger partial charge is 0.226 e. The van der Waals surface area contributed by atoms with Crippen LogP contribution in [0.2, 0.25) is 0 Å². The Morgan fingerprint density at radius 3 is 2.56 bits per heavy atom. The number of rotatable bonds is 7. The molecule has 0 amide bonds. The molecule has 0 bridgehead atoms. The predicted octanol–water partition coefficient (Wildman–Crippen LogP) is 2.16. The molecule has 0 unspecified atom stereocenters. The van der Waals surface area contributed by atoms with Crippen LogP contribution in [0.5, 0.6) is 0 Å². The van der Waals surface area contributed by atoms with E-state index in [1.807, 2.05) is 7.05 Å². The average Bonchev–Trinajstić information content (AvgIpc) is 3.07. The van der Waals surface area contributed by atoms with Gasteiger partial charge in [-0.1, -0.05) is 19.0 Å². The number of hydrogen-bond acceptors (Lipinski definition) is 5. The van der Waals surface area contributed by atoms with Gasteiger partial charge in [-0.25, -0.2) is 0 Å². The van der Waals surface area contributed by atoms with Crippen LogP contribution in [0.25, 0.3) is 0 Å². The van der Waals surface area contributed by atoms with E-state index < -0.39 is 0 Å². The van der Waals surface area contributed by atoms with Crippen molar-refractivity contribution >= 4 is 5.96 Å². The minimum atomic E-state index is 0.306. The van der Waals surface area contributed by atoms with Crippen molar-refractivity contribution in [2.45, 2.75) is 71.4 Å². The van der Waals surface area contributed by atoms with Gasteiger partial charge in [0.1, 0.15) is 0 Å². The number of aromatic nitrogens is 2. The predicted molar refractivity (Wildman–Crippen MR) is 101 cm³/mol. The van der Waals surface area contributed by atoms with Gasteiger partial charge >= 0.3 is 0 Å². The summed E-state index contributed by atoms with van der Waals surface area (Å²) in [5, 5.41) is 10.9. The second-order valence-electron chi connectivity index (χ2n) is 7.35. The summed E-state index contributed by atoms with van der Waals surface area (Å²) in [5.41, 5.74) is 0. The van der Waals surface area contributed by atoms with Gasteiger partial charge in [0.05, 0.1) is 0 Å². The van der Waals surface area contributed by atoms with Crippen LogP contribution >= 0.6 is 0 Å². The largest absolute Gasteiger partial charge is 0.356 e. The number of aliphatic imine (C=N–C) groups is 1. The highest BCUT2D eigenvalue weighted by atomic mass is 16.5. The molecule has 0 radical (unpaired) electrons. The van der Waals surface area contributed by atoms with E-state index in [-0.39, 0.29) is 0 Å². The van der Waals surface area contributed by atoms with Gasteiger partial charge in [0.2, 0.25) is 5.89 Å². The van der Waals surface area contributed by atoms with E-state index in [0.717, 1.165) is 50.2 Å². The Balaban J connectivity index is 1.65. The van der Waals surface area contributed by atoms with Crippen molar-refractivity contribution in [2.75, 3.05) is 26.7 Å². The first-order valence-electron chi connectivity index (χ1n) is 9.53. The van der Waals surface area contributed by atoms with Gasteiger partial charge in [-0.05, 0) is 33.1 Å². The van der Waals surface area contributed by atoms with Crippen LogP contribution in [-0.4, -0.2) is 59.8 Å². The third kappa shape index (κ3) is 6.30. The van der Waals surface area contributed by atoms with Crippen LogP contribution in [-0.2, 0) is 6.42 Å². The Labute approximate surface area is 151 Å². The summed E-state index contributed by atoms with van der Waals surface area (Å²) in [6.45, 7) is 11.8. The first-order valence-corrected chi connectivity index (χ1v) is 9.53. The fourth-order valence-electron chi connectivity index (χ4n) is 3.00. The molecular formula is C18H34N6O. The molecule has 0 atom stereocenters.